The monoisotopic (exact) mass is 248 g/mol. The fourth-order valence-electron chi connectivity index (χ4n) is 2.06. The molecule has 0 saturated carbocycles. The van der Waals surface area contributed by atoms with Crippen LogP contribution in [0.1, 0.15) is 43.1 Å². The highest BCUT2D eigenvalue weighted by atomic mass is 16.1. The van der Waals surface area contributed by atoms with Crippen molar-refractivity contribution in [3.05, 3.63) is 35.4 Å². The van der Waals surface area contributed by atoms with E-state index in [1.807, 2.05) is 31.2 Å². The van der Waals surface area contributed by atoms with Gasteiger partial charge in [0.2, 0.25) is 0 Å². The minimum Gasteiger partial charge on any atom is -0.350 e. The maximum absolute atomic E-state index is 12.0. The van der Waals surface area contributed by atoms with Crippen LogP contribution in [0.5, 0.6) is 0 Å². The van der Waals surface area contributed by atoms with Crippen molar-refractivity contribution in [3.63, 3.8) is 0 Å². The molecule has 0 aliphatic carbocycles. The molecule has 0 spiro atoms. The summed E-state index contributed by atoms with van der Waals surface area (Å²) < 4.78 is 0. The number of benzene rings is 1. The summed E-state index contributed by atoms with van der Waals surface area (Å²) in [6.07, 6.45) is 1.85. The number of amides is 1. The zero-order valence-corrected chi connectivity index (χ0v) is 11.6. The fraction of sp³-hybridized carbons (Fsp3) is 0.533. The van der Waals surface area contributed by atoms with E-state index in [2.05, 4.69) is 19.2 Å². The Balaban J connectivity index is 2.56. The maximum Gasteiger partial charge on any atom is 0.251 e. The van der Waals surface area contributed by atoms with Crippen molar-refractivity contribution >= 4 is 5.91 Å². The molecule has 0 fully saturated rings. The van der Waals surface area contributed by atoms with Gasteiger partial charge in [-0.3, -0.25) is 4.79 Å². The quantitative estimate of drug-likeness (QED) is 0.812. The predicted octanol–water partition coefficient (Wildman–Crippen LogP) is 2.35. The number of carbonyl (C=O) groups excluding carboxylic acids is 1. The number of nitrogens with one attached hydrogen (secondary N) is 1. The molecule has 0 aliphatic rings. The van der Waals surface area contributed by atoms with Crippen LogP contribution in [-0.4, -0.2) is 18.5 Å². The van der Waals surface area contributed by atoms with Gasteiger partial charge in [0.25, 0.3) is 5.91 Å². The molecule has 0 radical (unpaired) electrons. The molecule has 1 aromatic rings. The van der Waals surface area contributed by atoms with Gasteiger partial charge in [0.15, 0.2) is 0 Å². The highest BCUT2D eigenvalue weighted by Crippen LogP contribution is 2.07. The summed E-state index contributed by atoms with van der Waals surface area (Å²) in [6.45, 7) is 6.99. The second kappa shape index (κ2) is 7.17. The van der Waals surface area contributed by atoms with Crippen LogP contribution in [0.2, 0.25) is 0 Å². The first-order chi connectivity index (χ1) is 8.52. The average Bonchev–Trinajstić information content (AvgIpc) is 2.29. The van der Waals surface area contributed by atoms with Crippen molar-refractivity contribution in [2.24, 2.45) is 11.7 Å². The Bertz CT molecular complexity index is 371. The molecule has 1 amide bonds. The topological polar surface area (TPSA) is 55.1 Å². The van der Waals surface area contributed by atoms with Crippen molar-refractivity contribution in [3.8, 4) is 0 Å². The maximum atomic E-state index is 12.0. The normalized spacial score (nSPS) is 12.5. The Morgan fingerprint density at radius 3 is 2.33 bits per heavy atom. The molecule has 3 N–H and O–H groups in total. The van der Waals surface area contributed by atoms with Crippen LogP contribution in [-0.2, 0) is 6.42 Å². The molecule has 1 aromatic carbocycles. The zero-order chi connectivity index (χ0) is 13.5. The van der Waals surface area contributed by atoms with Gasteiger partial charge in [-0.2, -0.15) is 0 Å². The molecule has 1 unspecified atom stereocenters. The first-order valence-electron chi connectivity index (χ1n) is 6.62. The molecule has 100 valence electrons. The van der Waals surface area contributed by atoms with Gasteiger partial charge in [-0.05, 0) is 49.9 Å². The Hall–Kier alpha value is -1.35. The summed E-state index contributed by atoms with van der Waals surface area (Å²) in [6, 6.07) is 7.87. The Morgan fingerprint density at radius 2 is 1.83 bits per heavy atom. The lowest BCUT2D eigenvalue weighted by Crippen LogP contribution is -2.33. The van der Waals surface area contributed by atoms with Gasteiger partial charge in [0.05, 0.1) is 0 Å². The number of nitrogens with two attached hydrogens (primary N) is 1. The third-order valence-electron chi connectivity index (χ3n) is 2.85. The second-order valence-electron chi connectivity index (χ2n) is 5.24. The number of carbonyl (C=O) groups is 1. The molecular formula is C15H24N2O. The SMILES string of the molecule is CC(C)CC(C)NC(=O)c1ccc(CCN)cc1. The van der Waals surface area contributed by atoms with E-state index in [0.717, 1.165) is 12.8 Å². The molecule has 3 nitrogen and oxygen atoms in total. The fourth-order valence-corrected chi connectivity index (χ4v) is 2.06. The van der Waals surface area contributed by atoms with E-state index in [4.69, 9.17) is 5.73 Å². The third-order valence-corrected chi connectivity index (χ3v) is 2.85. The van der Waals surface area contributed by atoms with Gasteiger partial charge < -0.3 is 11.1 Å². The highest BCUT2D eigenvalue weighted by Gasteiger charge is 2.10. The largest absolute Gasteiger partial charge is 0.350 e. The number of hydrogen-bond acceptors (Lipinski definition) is 2. The van der Waals surface area contributed by atoms with Crippen LogP contribution >= 0.6 is 0 Å². The van der Waals surface area contributed by atoms with Gasteiger partial charge in [0, 0.05) is 11.6 Å². The van der Waals surface area contributed by atoms with Crippen LogP contribution in [0.3, 0.4) is 0 Å². The van der Waals surface area contributed by atoms with Crippen LogP contribution in [0.15, 0.2) is 24.3 Å². The smallest absolute Gasteiger partial charge is 0.251 e. The summed E-state index contributed by atoms with van der Waals surface area (Å²) in [5.41, 5.74) is 7.38. The lowest BCUT2D eigenvalue weighted by molar-refractivity contribution is 0.0936. The molecule has 0 aromatic heterocycles. The molecule has 0 saturated heterocycles. The van der Waals surface area contributed by atoms with E-state index in [-0.39, 0.29) is 11.9 Å². The van der Waals surface area contributed by atoms with E-state index in [0.29, 0.717) is 18.0 Å². The number of rotatable bonds is 6. The molecule has 0 aliphatic heterocycles. The first-order valence-corrected chi connectivity index (χ1v) is 6.62. The Labute approximate surface area is 110 Å². The van der Waals surface area contributed by atoms with Crippen molar-refractivity contribution in [1.82, 2.24) is 5.32 Å². The molecule has 3 heteroatoms. The summed E-state index contributed by atoms with van der Waals surface area (Å²) in [7, 11) is 0. The molecule has 0 bridgehead atoms. The van der Waals surface area contributed by atoms with Crippen molar-refractivity contribution in [2.45, 2.75) is 39.7 Å². The number of hydrogen-bond donors (Lipinski definition) is 2. The Morgan fingerprint density at radius 1 is 1.22 bits per heavy atom. The van der Waals surface area contributed by atoms with Gasteiger partial charge in [-0.25, -0.2) is 0 Å². The molecule has 0 heterocycles. The molecule has 1 rings (SSSR count). The standard InChI is InChI=1S/C15H24N2O/c1-11(2)10-12(3)17-15(18)14-6-4-13(5-7-14)8-9-16/h4-7,11-12H,8-10,16H2,1-3H3,(H,17,18). The van der Waals surface area contributed by atoms with Gasteiger partial charge in [-0.15, -0.1) is 0 Å². The summed E-state index contributed by atoms with van der Waals surface area (Å²) in [4.78, 5) is 12.0. The van der Waals surface area contributed by atoms with E-state index >= 15 is 0 Å². The van der Waals surface area contributed by atoms with E-state index < -0.39 is 0 Å². The van der Waals surface area contributed by atoms with Gasteiger partial charge >= 0.3 is 0 Å². The van der Waals surface area contributed by atoms with Crippen LogP contribution < -0.4 is 11.1 Å². The van der Waals surface area contributed by atoms with Crippen molar-refractivity contribution in [2.75, 3.05) is 6.54 Å². The lowest BCUT2D eigenvalue weighted by atomic mass is 10.0. The Kier molecular flexibility index (Phi) is 5.86. The minimum atomic E-state index is 0.00227. The third kappa shape index (κ3) is 4.88. The highest BCUT2D eigenvalue weighted by molar-refractivity contribution is 5.94. The van der Waals surface area contributed by atoms with Crippen molar-refractivity contribution < 1.29 is 4.79 Å². The van der Waals surface area contributed by atoms with E-state index in [9.17, 15) is 4.79 Å². The van der Waals surface area contributed by atoms with Crippen LogP contribution in [0, 0.1) is 5.92 Å². The lowest BCUT2D eigenvalue weighted by Gasteiger charge is -2.16. The predicted molar refractivity (Wildman–Crippen MR) is 75.6 cm³/mol. The summed E-state index contributed by atoms with van der Waals surface area (Å²) in [5.74, 6) is 0.592. The molecule has 18 heavy (non-hydrogen) atoms. The first kappa shape index (κ1) is 14.7. The van der Waals surface area contributed by atoms with Gasteiger partial charge in [-0.1, -0.05) is 26.0 Å². The van der Waals surface area contributed by atoms with E-state index in [1.165, 1.54) is 5.56 Å². The zero-order valence-electron chi connectivity index (χ0n) is 11.6. The molecular weight excluding hydrogens is 224 g/mol. The minimum absolute atomic E-state index is 0.00227. The van der Waals surface area contributed by atoms with Gasteiger partial charge in [0.1, 0.15) is 0 Å². The average molecular weight is 248 g/mol. The summed E-state index contributed by atoms with van der Waals surface area (Å²) >= 11 is 0. The second-order valence-corrected chi connectivity index (χ2v) is 5.24. The summed E-state index contributed by atoms with van der Waals surface area (Å²) in [5, 5.41) is 3.02. The van der Waals surface area contributed by atoms with Crippen LogP contribution in [0.4, 0.5) is 0 Å². The van der Waals surface area contributed by atoms with Crippen molar-refractivity contribution in [1.29, 1.82) is 0 Å². The van der Waals surface area contributed by atoms with Crippen LogP contribution in [0.25, 0.3) is 0 Å². The molecule has 1 atom stereocenters. The van der Waals surface area contributed by atoms with E-state index in [1.54, 1.807) is 0 Å².